The molecule has 164 valence electrons. The van der Waals surface area contributed by atoms with E-state index in [1.54, 1.807) is 0 Å². The van der Waals surface area contributed by atoms with Gasteiger partial charge in [0.15, 0.2) is 0 Å². The van der Waals surface area contributed by atoms with Crippen molar-refractivity contribution in [3.8, 4) is 11.4 Å². The van der Waals surface area contributed by atoms with Crippen LogP contribution in [0.15, 0.2) is 121 Å². The van der Waals surface area contributed by atoms with Crippen LogP contribution < -0.4 is 0 Å². The third kappa shape index (κ3) is 2.55. The minimum Gasteiger partial charge on any atom is -0.355 e. The summed E-state index contributed by atoms with van der Waals surface area (Å²) in [6.07, 6.45) is 2.18. The van der Waals surface area contributed by atoms with E-state index >= 15 is 0 Å². The summed E-state index contributed by atoms with van der Waals surface area (Å²) in [5, 5.41) is 6.30. The zero-order chi connectivity index (χ0) is 22.9. The molecule has 0 bridgehead atoms. The molecule has 0 saturated heterocycles. The highest BCUT2D eigenvalue weighted by Gasteiger charge is 2.17. The van der Waals surface area contributed by atoms with Gasteiger partial charge in [0.1, 0.15) is 0 Å². The van der Waals surface area contributed by atoms with E-state index < -0.39 is 0 Å². The summed E-state index contributed by atoms with van der Waals surface area (Å²) in [5.74, 6) is 0. The number of aromatic amines is 1. The highest BCUT2D eigenvalue weighted by molar-refractivity contribution is 6.19. The molecule has 0 spiro atoms. The molecule has 0 aliphatic heterocycles. The van der Waals surface area contributed by atoms with E-state index in [2.05, 4.69) is 136 Å². The van der Waals surface area contributed by atoms with Crippen LogP contribution in [0.4, 0.5) is 0 Å². The van der Waals surface area contributed by atoms with Crippen molar-refractivity contribution in [1.82, 2.24) is 14.1 Å². The van der Waals surface area contributed by atoms with E-state index in [9.17, 15) is 0 Å². The maximum atomic E-state index is 3.56. The van der Waals surface area contributed by atoms with Crippen molar-refractivity contribution < 1.29 is 0 Å². The molecule has 0 atom stereocenters. The smallest absolute Gasteiger partial charge is 0.0635 e. The monoisotopic (exact) mass is 447 g/mol. The van der Waals surface area contributed by atoms with Gasteiger partial charge in [-0.2, -0.15) is 0 Å². The molecular formula is C32H21N3. The molecule has 3 heteroatoms. The lowest BCUT2D eigenvalue weighted by Crippen LogP contribution is -1.95. The van der Waals surface area contributed by atoms with Crippen molar-refractivity contribution in [3.05, 3.63) is 121 Å². The maximum absolute atomic E-state index is 3.56. The molecule has 0 fully saturated rings. The first kappa shape index (κ1) is 18.6. The maximum Gasteiger partial charge on any atom is 0.0635 e. The Kier molecular flexibility index (Phi) is 3.66. The van der Waals surface area contributed by atoms with Crippen LogP contribution >= 0.6 is 0 Å². The van der Waals surface area contributed by atoms with Gasteiger partial charge in [-0.05, 0) is 54.6 Å². The summed E-state index contributed by atoms with van der Waals surface area (Å²) < 4.78 is 4.71. The Morgan fingerprint density at radius 2 is 1.23 bits per heavy atom. The molecule has 1 N–H and O–H groups in total. The SMILES string of the molecule is c1ccc(-n2ccc3c2ccc2c4ccccc4n(-c4ccc5[nH]c6ccccc6c5c4)c23)cc1. The molecule has 8 aromatic rings. The summed E-state index contributed by atoms with van der Waals surface area (Å²) in [5.41, 5.74) is 8.36. The quantitative estimate of drug-likeness (QED) is 0.275. The lowest BCUT2D eigenvalue weighted by molar-refractivity contribution is 1.13. The number of para-hydroxylation sites is 3. The van der Waals surface area contributed by atoms with Gasteiger partial charge in [0.2, 0.25) is 0 Å². The molecule has 35 heavy (non-hydrogen) atoms. The Morgan fingerprint density at radius 3 is 2.14 bits per heavy atom. The van der Waals surface area contributed by atoms with Crippen LogP contribution in [-0.2, 0) is 0 Å². The lowest BCUT2D eigenvalue weighted by atomic mass is 10.1. The predicted octanol–water partition coefficient (Wildman–Crippen LogP) is 8.36. The van der Waals surface area contributed by atoms with Gasteiger partial charge >= 0.3 is 0 Å². The summed E-state index contributed by atoms with van der Waals surface area (Å²) in [4.78, 5) is 3.56. The first-order valence-corrected chi connectivity index (χ1v) is 12.0. The standard InChI is InChI=1S/C32H21N3/c1-2-8-21(9-3-1)34-19-18-26-30(34)17-15-25-24-11-5-7-13-31(24)35(32(25)26)22-14-16-29-27(20-22)23-10-4-6-12-28(23)33-29/h1-20,33H. The molecule has 5 aromatic carbocycles. The number of nitrogens with zero attached hydrogens (tertiary/aromatic N) is 2. The molecular weight excluding hydrogens is 426 g/mol. The Labute approximate surface area is 201 Å². The molecule has 0 amide bonds. The van der Waals surface area contributed by atoms with Gasteiger partial charge in [0, 0.05) is 55.5 Å². The third-order valence-corrected chi connectivity index (χ3v) is 7.28. The molecule has 0 radical (unpaired) electrons. The average Bonchev–Trinajstić information content (AvgIpc) is 3.60. The van der Waals surface area contributed by atoms with E-state index in [4.69, 9.17) is 0 Å². The van der Waals surface area contributed by atoms with Gasteiger partial charge in [-0.1, -0.05) is 60.7 Å². The van der Waals surface area contributed by atoms with Gasteiger partial charge in [0.25, 0.3) is 0 Å². The molecule has 3 aromatic heterocycles. The number of hydrogen-bond acceptors (Lipinski definition) is 0. The highest BCUT2D eigenvalue weighted by Crippen LogP contribution is 2.38. The van der Waals surface area contributed by atoms with E-state index in [0.29, 0.717) is 0 Å². The Hall–Kier alpha value is -4.76. The van der Waals surface area contributed by atoms with E-state index in [1.165, 1.54) is 60.4 Å². The van der Waals surface area contributed by atoms with Gasteiger partial charge in [-0.25, -0.2) is 0 Å². The van der Waals surface area contributed by atoms with Crippen LogP contribution in [-0.4, -0.2) is 14.1 Å². The number of aromatic nitrogens is 3. The number of benzene rings is 5. The van der Waals surface area contributed by atoms with Crippen LogP contribution in [0, 0.1) is 0 Å². The summed E-state index contributed by atoms with van der Waals surface area (Å²) in [6.45, 7) is 0. The molecule has 3 heterocycles. The topological polar surface area (TPSA) is 25.6 Å². The highest BCUT2D eigenvalue weighted by atomic mass is 15.0. The van der Waals surface area contributed by atoms with Gasteiger partial charge in [-0.15, -0.1) is 0 Å². The minimum atomic E-state index is 1.16. The van der Waals surface area contributed by atoms with Crippen LogP contribution in [0.25, 0.3) is 65.9 Å². The second kappa shape index (κ2) is 6.87. The summed E-state index contributed by atoms with van der Waals surface area (Å²) >= 11 is 0. The van der Waals surface area contributed by atoms with Crippen molar-refractivity contribution in [2.24, 2.45) is 0 Å². The number of fused-ring (bicyclic) bond motifs is 8. The second-order valence-electron chi connectivity index (χ2n) is 9.17. The first-order chi connectivity index (χ1) is 17.4. The van der Waals surface area contributed by atoms with Crippen LogP contribution in [0.2, 0.25) is 0 Å². The largest absolute Gasteiger partial charge is 0.355 e. The number of hydrogen-bond donors (Lipinski definition) is 1. The molecule has 0 aliphatic rings. The Bertz CT molecular complexity index is 2050. The van der Waals surface area contributed by atoms with Gasteiger partial charge < -0.3 is 14.1 Å². The number of H-pyrrole nitrogens is 1. The van der Waals surface area contributed by atoms with Crippen molar-refractivity contribution in [2.45, 2.75) is 0 Å². The normalized spacial score (nSPS) is 12.0. The van der Waals surface area contributed by atoms with E-state index in [1.807, 2.05) is 0 Å². The minimum absolute atomic E-state index is 1.16. The summed E-state index contributed by atoms with van der Waals surface area (Å²) in [6, 6.07) is 41.4. The number of nitrogens with one attached hydrogen (secondary N) is 1. The lowest BCUT2D eigenvalue weighted by Gasteiger charge is -2.10. The molecule has 0 saturated carbocycles. The Morgan fingerprint density at radius 1 is 0.457 bits per heavy atom. The van der Waals surface area contributed by atoms with Crippen molar-refractivity contribution in [2.75, 3.05) is 0 Å². The van der Waals surface area contributed by atoms with Crippen LogP contribution in [0.3, 0.4) is 0 Å². The third-order valence-electron chi connectivity index (χ3n) is 7.28. The Balaban J connectivity index is 1.50. The average molecular weight is 448 g/mol. The van der Waals surface area contributed by atoms with Crippen molar-refractivity contribution in [3.63, 3.8) is 0 Å². The van der Waals surface area contributed by atoms with Gasteiger partial charge in [-0.3, -0.25) is 0 Å². The van der Waals surface area contributed by atoms with Crippen LogP contribution in [0.1, 0.15) is 0 Å². The van der Waals surface area contributed by atoms with Crippen molar-refractivity contribution in [1.29, 1.82) is 0 Å². The van der Waals surface area contributed by atoms with Crippen LogP contribution in [0.5, 0.6) is 0 Å². The van der Waals surface area contributed by atoms with Crippen molar-refractivity contribution >= 4 is 54.5 Å². The molecule has 0 aliphatic carbocycles. The summed E-state index contributed by atoms with van der Waals surface area (Å²) in [7, 11) is 0. The zero-order valence-electron chi connectivity index (χ0n) is 18.9. The zero-order valence-corrected chi connectivity index (χ0v) is 18.9. The molecule has 0 unspecified atom stereocenters. The fourth-order valence-corrected chi connectivity index (χ4v) is 5.73. The first-order valence-electron chi connectivity index (χ1n) is 12.0. The molecule has 3 nitrogen and oxygen atoms in total. The number of rotatable bonds is 2. The molecule has 8 rings (SSSR count). The fourth-order valence-electron chi connectivity index (χ4n) is 5.73. The van der Waals surface area contributed by atoms with Gasteiger partial charge in [0.05, 0.1) is 16.6 Å². The second-order valence-corrected chi connectivity index (χ2v) is 9.17. The van der Waals surface area contributed by atoms with E-state index in [-0.39, 0.29) is 0 Å². The van der Waals surface area contributed by atoms with E-state index in [0.717, 1.165) is 5.52 Å². The predicted molar refractivity (Wildman–Crippen MR) is 147 cm³/mol. The fraction of sp³-hybridized carbons (Fsp3) is 0.